The molecule has 2 fully saturated rings. The standard InChI is InChI=1S/C50H44B2O6/c1-39(38-53-51-55-47(2,40-24-10-3-11-25-40)48(56-51,41-26-12-4-13-27-41)42-28-14-5-15-29-42)54-52-57-49(43-30-16-6-17-31-43,44-32-18-7-19-33-44)50(58-52,45-34-20-8-21-35-45)46-36-22-9-23-37-46/h3-37,39H,38H2,1-2H3. The van der Waals surface area contributed by atoms with Crippen LogP contribution in [0.1, 0.15) is 52.8 Å². The summed E-state index contributed by atoms with van der Waals surface area (Å²) >= 11 is 0. The van der Waals surface area contributed by atoms with E-state index in [1.807, 2.05) is 134 Å². The summed E-state index contributed by atoms with van der Waals surface area (Å²) in [5.74, 6) is 0. The molecule has 0 aromatic heterocycles. The number of hydrogen-bond acceptors (Lipinski definition) is 6. The SMILES string of the molecule is CC(COB1OC(C)(c2ccccc2)C(c2ccccc2)(c2ccccc2)O1)OB1OC(c2ccccc2)(c2ccccc2)C(c2ccccc2)(c2ccccc2)O1. The molecule has 2 atom stereocenters. The van der Waals surface area contributed by atoms with Gasteiger partial charge in [-0.25, -0.2) is 0 Å². The molecule has 2 heterocycles. The molecule has 0 radical (unpaired) electrons. The van der Waals surface area contributed by atoms with E-state index in [1.165, 1.54) is 0 Å². The third-order valence-electron chi connectivity index (χ3n) is 11.5. The monoisotopic (exact) mass is 762 g/mol. The fourth-order valence-electron chi connectivity index (χ4n) is 8.94. The molecule has 7 aromatic rings. The molecule has 0 amide bonds. The van der Waals surface area contributed by atoms with Crippen LogP contribution >= 0.6 is 0 Å². The van der Waals surface area contributed by atoms with Gasteiger partial charge in [-0.2, -0.15) is 0 Å². The zero-order chi connectivity index (χ0) is 39.5. The lowest BCUT2D eigenvalue weighted by molar-refractivity contribution is -0.0147. The maximum Gasteiger partial charge on any atom is 0.641 e. The lowest BCUT2D eigenvalue weighted by Gasteiger charge is -2.45. The smallest absolute Gasteiger partial charge is 0.383 e. The molecule has 0 spiro atoms. The molecular weight excluding hydrogens is 718 g/mol. The summed E-state index contributed by atoms with van der Waals surface area (Å²) in [5.41, 5.74) is 2.22. The van der Waals surface area contributed by atoms with Gasteiger partial charge in [0.1, 0.15) is 22.4 Å². The number of hydrogen-bond donors (Lipinski definition) is 0. The van der Waals surface area contributed by atoms with Crippen molar-refractivity contribution in [3.8, 4) is 0 Å². The predicted octanol–water partition coefficient (Wildman–Crippen LogP) is 10.2. The van der Waals surface area contributed by atoms with Gasteiger partial charge in [0, 0.05) is 0 Å². The Morgan fingerprint density at radius 2 is 0.655 bits per heavy atom. The van der Waals surface area contributed by atoms with Crippen LogP contribution in [0.3, 0.4) is 0 Å². The summed E-state index contributed by atoms with van der Waals surface area (Å²) in [4.78, 5) is 0. The van der Waals surface area contributed by atoms with Gasteiger partial charge in [-0.1, -0.05) is 212 Å². The summed E-state index contributed by atoms with van der Waals surface area (Å²) in [5, 5.41) is 0. The van der Waals surface area contributed by atoms with Crippen LogP contribution in [0.2, 0.25) is 0 Å². The Bertz CT molecular complexity index is 2170. The van der Waals surface area contributed by atoms with Crippen molar-refractivity contribution in [1.29, 1.82) is 0 Å². The van der Waals surface area contributed by atoms with E-state index in [-0.39, 0.29) is 6.61 Å². The Morgan fingerprint density at radius 3 is 0.983 bits per heavy atom. The van der Waals surface area contributed by atoms with Crippen LogP contribution in [-0.2, 0) is 50.3 Å². The molecule has 6 nitrogen and oxygen atoms in total. The molecule has 2 unspecified atom stereocenters. The summed E-state index contributed by atoms with van der Waals surface area (Å²) in [6.45, 7) is 4.13. The van der Waals surface area contributed by atoms with Crippen LogP contribution in [0, 0.1) is 0 Å². The van der Waals surface area contributed by atoms with Crippen molar-refractivity contribution in [1.82, 2.24) is 0 Å². The first kappa shape index (κ1) is 38.0. The molecule has 0 N–H and O–H groups in total. The second kappa shape index (κ2) is 16.0. The second-order valence-electron chi connectivity index (χ2n) is 15.0. The summed E-state index contributed by atoms with van der Waals surface area (Å²) in [6.07, 6.45) is -0.518. The Labute approximate surface area is 341 Å². The molecule has 2 aliphatic rings. The predicted molar refractivity (Wildman–Crippen MR) is 227 cm³/mol. The summed E-state index contributed by atoms with van der Waals surface area (Å²) in [7, 11) is -2.14. The molecule has 0 saturated carbocycles. The fraction of sp³-hybridized carbons (Fsp3) is 0.160. The molecule has 286 valence electrons. The van der Waals surface area contributed by atoms with Crippen molar-refractivity contribution in [3.63, 3.8) is 0 Å². The first-order valence-corrected chi connectivity index (χ1v) is 19.9. The lowest BCUT2D eigenvalue weighted by atomic mass is 9.66. The molecule has 0 bridgehead atoms. The Kier molecular flexibility index (Phi) is 10.5. The zero-order valence-corrected chi connectivity index (χ0v) is 32.6. The van der Waals surface area contributed by atoms with Gasteiger partial charge in [0.05, 0.1) is 12.7 Å². The van der Waals surface area contributed by atoms with Crippen molar-refractivity contribution in [2.45, 2.75) is 42.4 Å². The van der Waals surface area contributed by atoms with Crippen LogP contribution in [0.15, 0.2) is 212 Å². The van der Waals surface area contributed by atoms with E-state index in [0.717, 1.165) is 38.9 Å². The first-order chi connectivity index (χ1) is 28.5. The fourth-order valence-corrected chi connectivity index (χ4v) is 8.94. The maximum atomic E-state index is 7.27. The van der Waals surface area contributed by atoms with E-state index in [1.54, 1.807) is 0 Å². The topological polar surface area (TPSA) is 55.4 Å². The van der Waals surface area contributed by atoms with E-state index in [4.69, 9.17) is 27.9 Å². The van der Waals surface area contributed by atoms with Crippen LogP contribution in [0.5, 0.6) is 0 Å². The molecule has 2 aliphatic heterocycles. The highest BCUT2D eigenvalue weighted by Gasteiger charge is 2.67. The summed E-state index contributed by atoms with van der Waals surface area (Å²) < 4.78 is 41.8. The highest BCUT2D eigenvalue weighted by Crippen LogP contribution is 2.59. The minimum absolute atomic E-state index is 0.117. The van der Waals surface area contributed by atoms with Gasteiger partial charge in [-0.05, 0) is 52.8 Å². The molecule has 8 heteroatoms. The van der Waals surface area contributed by atoms with Gasteiger partial charge in [0.25, 0.3) is 0 Å². The third kappa shape index (κ3) is 6.34. The van der Waals surface area contributed by atoms with Crippen molar-refractivity contribution >= 4 is 14.6 Å². The Morgan fingerprint density at radius 1 is 0.379 bits per heavy atom. The average Bonchev–Trinajstić information content (AvgIpc) is 3.82. The second-order valence-corrected chi connectivity index (χ2v) is 15.0. The van der Waals surface area contributed by atoms with Gasteiger partial charge >= 0.3 is 14.6 Å². The van der Waals surface area contributed by atoms with E-state index >= 15 is 0 Å². The van der Waals surface area contributed by atoms with E-state index in [0.29, 0.717) is 0 Å². The van der Waals surface area contributed by atoms with E-state index in [2.05, 4.69) is 91.9 Å². The summed E-state index contributed by atoms with van der Waals surface area (Å²) in [6, 6.07) is 71.7. The van der Waals surface area contributed by atoms with Crippen molar-refractivity contribution in [2.75, 3.05) is 6.61 Å². The Hall–Kier alpha value is -5.57. The Balaban J connectivity index is 1.06. The van der Waals surface area contributed by atoms with Crippen LogP contribution < -0.4 is 0 Å². The highest BCUT2D eigenvalue weighted by molar-refractivity contribution is 6.38. The molecule has 0 aliphatic carbocycles. The molecule has 9 rings (SSSR count). The van der Waals surface area contributed by atoms with Gasteiger partial charge in [0.2, 0.25) is 0 Å². The first-order valence-electron chi connectivity index (χ1n) is 19.9. The van der Waals surface area contributed by atoms with Gasteiger partial charge in [-0.3, -0.25) is 0 Å². The quantitative estimate of drug-likeness (QED) is 0.116. The highest BCUT2D eigenvalue weighted by atomic mass is 16.8. The minimum atomic E-state index is -1.16. The van der Waals surface area contributed by atoms with Crippen LogP contribution in [-0.4, -0.2) is 27.4 Å². The van der Waals surface area contributed by atoms with Crippen LogP contribution in [0.4, 0.5) is 0 Å². The largest absolute Gasteiger partial charge is 0.641 e. The van der Waals surface area contributed by atoms with Crippen molar-refractivity contribution in [2.24, 2.45) is 0 Å². The molecule has 7 aromatic carbocycles. The van der Waals surface area contributed by atoms with Gasteiger partial charge in [-0.15, -0.1) is 0 Å². The third-order valence-corrected chi connectivity index (χ3v) is 11.5. The lowest BCUT2D eigenvalue weighted by Crippen LogP contribution is -2.48. The molecule has 58 heavy (non-hydrogen) atoms. The van der Waals surface area contributed by atoms with Gasteiger partial charge in [0.15, 0.2) is 0 Å². The van der Waals surface area contributed by atoms with Crippen molar-refractivity contribution < 1.29 is 27.9 Å². The van der Waals surface area contributed by atoms with Crippen molar-refractivity contribution in [3.05, 3.63) is 251 Å². The van der Waals surface area contributed by atoms with E-state index in [9.17, 15) is 0 Å². The molecular formula is C50H44B2O6. The van der Waals surface area contributed by atoms with Crippen LogP contribution in [0.25, 0.3) is 0 Å². The minimum Gasteiger partial charge on any atom is -0.383 e. The average molecular weight is 763 g/mol. The normalized spacial score (nSPS) is 19.8. The zero-order valence-electron chi connectivity index (χ0n) is 32.6. The van der Waals surface area contributed by atoms with Gasteiger partial charge < -0.3 is 27.9 Å². The number of rotatable bonds is 12. The van der Waals surface area contributed by atoms with E-state index < -0.39 is 43.2 Å². The number of benzene rings is 7. The molecule has 2 saturated heterocycles. The maximum absolute atomic E-state index is 7.27.